The van der Waals surface area contributed by atoms with Gasteiger partial charge < -0.3 is 19.3 Å². The summed E-state index contributed by atoms with van der Waals surface area (Å²) in [6, 6.07) is 24.5. The summed E-state index contributed by atoms with van der Waals surface area (Å²) in [5.74, 6) is -1.24. The molecule has 1 fully saturated rings. The number of esters is 2. The van der Waals surface area contributed by atoms with Crippen molar-refractivity contribution in [2.24, 2.45) is 0 Å². The van der Waals surface area contributed by atoms with E-state index >= 15 is 0 Å². The molecule has 1 heterocycles. The number of hydrogen-bond acceptors (Lipinski definition) is 8. The van der Waals surface area contributed by atoms with Crippen LogP contribution in [-0.2, 0) is 24.0 Å². The summed E-state index contributed by atoms with van der Waals surface area (Å²) in [6.45, 7) is 3.41. The largest absolute Gasteiger partial charge is 0.458 e. The fourth-order valence-electron chi connectivity index (χ4n) is 4.33. The molecule has 3 aromatic carbocycles. The van der Waals surface area contributed by atoms with Crippen molar-refractivity contribution in [1.82, 2.24) is 0 Å². The monoisotopic (exact) mass is 562 g/mol. The van der Waals surface area contributed by atoms with Crippen molar-refractivity contribution < 1.29 is 37.3 Å². The maximum Gasteiger partial charge on any atom is 0.338 e. The minimum atomic E-state index is -3.88. The molecule has 1 saturated heterocycles. The third kappa shape index (κ3) is 7.32. The number of aliphatic hydroxyl groups is 1. The zero-order valence-corrected chi connectivity index (χ0v) is 22.5. The maximum absolute atomic E-state index is 13.0. The predicted molar refractivity (Wildman–Crippen MR) is 148 cm³/mol. The van der Waals surface area contributed by atoms with Gasteiger partial charge in [-0.3, -0.25) is 0 Å². The lowest BCUT2D eigenvalue weighted by molar-refractivity contribution is -0.0449. The Morgan fingerprint density at radius 3 is 2.02 bits per heavy atom. The lowest BCUT2D eigenvalue weighted by Crippen LogP contribution is -2.33. The Morgan fingerprint density at radius 2 is 1.45 bits per heavy atom. The molecule has 9 heteroatoms. The number of sulfone groups is 1. The molecule has 1 aliphatic rings. The molecule has 8 nitrogen and oxygen atoms in total. The molecule has 0 radical (unpaired) electrons. The van der Waals surface area contributed by atoms with Crippen LogP contribution in [0.5, 0.6) is 0 Å². The summed E-state index contributed by atoms with van der Waals surface area (Å²) < 4.78 is 43.2. The highest BCUT2D eigenvalue weighted by Gasteiger charge is 2.41. The zero-order chi connectivity index (χ0) is 28.5. The number of ether oxygens (including phenoxy) is 3. The van der Waals surface area contributed by atoms with E-state index in [-0.39, 0.29) is 29.9 Å². The predicted octanol–water partition coefficient (Wildman–Crippen LogP) is 4.52. The van der Waals surface area contributed by atoms with E-state index in [1.54, 1.807) is 84.9 Å². The fraction of sp³-hybridized carbons (Fsp3) is 0.226. The van der Waals surface area contributed by atoms with Crippen LogP contribution in [0.25, 0.3) is 0 Å². The lowest BCUT2D eigenvalue weighted by atomic mass is 10.0. The minimum Gasteiger partial charge on any atom is -0.458 e. The molecular weight excluding hydrogens is 532 g/mol. The first-order chi connectivity index (χ1) is 19.3. The van der Waals surface area contributed by atoms with Gasteiger partial charge in [0.05, 0.1) is 28.2 Å². The molecule has 0 aliphatic carbocycles. The Kier molecular flexibility index (Phi) is 9.65. The number of benzene rings is 3. The standard InChI is InChI=1S/C31H30O8S/c1-2-12-27-26(21-40(35,36)25-17-10-5-11-18-25)29(32)28(39-27)19-24(38-31(34)23-15-8-4-9-16-23)20-37-30(33)22-13-6-3-7-14-22/h2-11,13-18,21,24,27-29,32H,1,12,19-20H2/b26-21-/t24?,27-,28+,29+/m0/s1. The van der Waals surface area contributed by atoms with E-state index in [2.05, 4.69) is 6.58 Å². The second-order valence-electron chi connectivity index (χ2n) is 9.20. The van der Waals surface area contributed by atoms with Gasteiger partial charge in [-0.1, -0.05) is 60.7 Å². The number of carbonyl (C=O) groups is 2. The van der Waals surface area contributed by atoms with E-state index in [1.807, 2.05) is 0 Å². The van der Waals surface area contributed by atoms with Crippen LogP contribution in [-0.4, -0.2) is 56.5 Å². The first kappa shape index (κ1) is 28.9. The Bertz CT molecular complexity index is 1440. The number of rotatable bonds is 11. The molecule has 0 saturated carbocycles. The SMILES string of the molecule is C=CC[C@@H]1O[C@H](CC(COC(=O)c2ccccc2)OC(=O)c2ccccc2)[C@H](O)/C1=C\S(=O)(=O)c1ccccc1. The van der Waals surface area contributed by atoms with Gasteiger partial charge in [-0.2, -0.15) is 0 Å². The fourth-order valence-corrected chi connectivity index (χ4v) is 5.65. The van der Waals surface area contributed by atoms with E-state index < -0.39 is 46.2 Å². The number of carbonyl (C=O) groups excluding carboxylic acids is 2. The van der Waals surface area contributed by atoms with Crippen molar-refractivity contribution in [2.45, 2.75) is 42.2 Å². The Hall–Kier alpha value is -4.05. The molecule has 3 aromatic rings. The summed E-state index contributed by atoms with van der Waals surface area (Å²) >= 11 is 0. The molecule has 4 atom stereocenters. The Morgan fingerprint density at radius 1 is 0.900 bits per heavy atom. The first-order valence-electron chi connectivity index (χ1n) is 12.7. The van der Waals surface area contributed by atoms with Gasteiger partial charge in [-0.05, 0) is 42.8 Å². The highest BCUT2D eigenvalue weighted by atomic mass is 32.2. The van der Waals surface area contributed by atoms with Gasteiger partial charge in [-0.25, -0.2) is 18.0 Å². The highest BCUT2D eigenvalue weighted by Crippen LogP contribution is 2.33. The van der Waals surface area contributed by atoms with Crippen molar-refractivity contribution >= 4 is 21.8 Å². The lowest BCUT2D eigenvalue weighted by Gasteiger charge is -2.22. The minimum absolute atomic E-state index is 0.0574. The second kappa shape index (κ2) is 13.3. The van der Waals surface area contributed by atoms with Crippen molar-refractivity contribution in [2.75, 3.05) is 6.61 Å². The van der Waals surface area contributed by atoms with Gasteiger partial charge in [-0.15, -0.1) is 6.58 Å². The summed E-state index contributed by atoms with van der Waals surface area (Å²) in [5, 5.41) is 12.2. The van der Waals surface area contributed by atoms with Crippen molar-refractivity contribution in [3.8, 4) is 0 Å². The molecule has 1 unspecified atom stereocenters. The molecule has 0 spiro atoms. The van der Waals surface area contributed by atoms with E-state index in [9.17, 15) is 23.1 Å². The van der Waals surface area contributed by atoms with Crippen molar-refractivity contribution in [3.05, 3.63) is 126 Å². The molecule has 208 valence electrons. The van der Waals surface area contributed by atoms with Gasteiger partial charge >= 0.3 is 11.9 Å². The van der Waals surface area contributed by atoms with Crippen molar-refractivity contribution in [3.63, 3.8) is 0 Å². The van der Waals surface area contributed by atoms with E-state index in [4.69, 9.17) is 14.2 Å². The van der Waals surface area contributed by atoms with Crippen LogP contribution < -0.4 is 0 Å². The molecule has 0 aromatic heterocycles. The summed E-state index contributed by atoms with van der Waals surface area (Å²) in [4.78, 5) is 25.5. The molecule has 1 aliphatic heterocycles. The van der Waals surface area contributed by atoms with Gasteiger partial charge in [0.15, 0.2) is 9.84 Å². The third-order valence-corrected chi connectivity index (χ3v) is 7.85. The van der Waals surface area contributed by atoms with Crippen LogP contribution >= 0.6 is 0 Å². The second-order valence-corrected chi connectivity index (χ2v) is 11.0. The number of aliphatic hydroxyl groups excluding tert-OH is 1. The third-order valence-electron chi connectivity index (χ3n) is 6.34. The van der Waals surface area contributed by atoms with E-state index in [0.29, 0.717) is 11.1 Å². The topological polar surface area (TPSA) is 116 Å². The van der Waals surface area contributed by atoms with Crippen LogP contribution in [0, 0.1) is 0 Å². The van der Waals surface area contributed by atoms with Crippen LogP contribution in [0.2, 0.25) is 0 Å². The Labute approximate surface area is 233 Å². The molecule has 0 amide bonds. The maximum atomic E-state index is 13.0. The van der Waals surface area contributed by atoms with E-state index in [1.165, 1.54) is 12.1 Å². The summed E-state index contributed by atoms with van der Waals surface area (Å²) in [5.41, 5.74) is 0.798. The highest BCUT2D eigenvalue weighted by molar-refractivity contribution is 7.94. The van der Waals surface area contributed by atoms with Gasteiger partial charge in [0, 0.05) is 17.4 Å². The smallest absolute Gasteiger partial charge is 0.338 e. The van der Waals surface area contributed by atoms with E-state index in [0.717, 1.165) is 5.41 Å². The average Bonchev–Trinajstić information content (AvgIpc) is 3.25. The van der Waals surface area contributed by atoms with Gasteiger partial charge in [0.1, 0.15) is 18.8 Å². The van der Waals surface area contributed by atoms with Crippen LogP contribution in [0.15, 0.2) is 120 Å². The zero-order valence-electron chi connectivity index (χ0n) is 21.7. The summed E-state index contributed by atoms with van der Waals surface area (Å²) in [7, 11) is -3.88. The van der Waals surface area contributed by atoms with Crippen molar-refractivity contribution in [1.29, 1.82) is 0 Å². The quantitative estimate of drug-likeness (QED) is 0.268. The number of hydrogen-bond donors (Lipinski definition) is 1. The normalized spacial score (nSPS) is 20.5. The van der Waals surface area contributed by atoms with Crippen LogP contribution in [0.3, 0.4) is 0 Å². The molecule has 1 N–H and O–H groups in total. The molecule has 0 bridgehead atoms. The molecule has 40 heavy (non-hydrogen) atoms. The first-order valence-corrected chi connectivity index (χ1v) is 14.3. The average molecular weight is 563 g/mol. The van der Waals surface area contributed by atoms with Crippen LogP contribution in [0.4, 0.5) is 0 Å². The van der Waals surface area contributed by atoms with Crippen LogP contribution in [0.1, 0.15) is 33.6 Å². The molecule has 4 rings (SSSR count). The Balaban J connectivity index is 1.55. The van der Waals surface area contributed by atoms with Gasteiger partial charge in [0.2, 0.25) is 0 Å². The van der Waals surface area contributed by atoms with Gasteiger partial charge in [0.25, 0.3) is 0 Å². The summed E-state index contributed by atoms with van der Waals surface area (Å²) in [6.07, 6.45) is -2.24. The molecular formula is C31H30O8S.